The fourth-order valence-electron chi connectivity index (χ4n) is 7.02. The molecule has 0 bridgehead atoms. The normalized spacial score (nSPS) is 17.1. The number of benzene rings is 2. The number of methoxy groups -OCH3 is 1. The summed E-state index contributed by atoms with van der Waals surface area (Å²) in [5.74, 6) is 1.37. The number of hydrogen-bond acceptors (Lipinski definition) is 9. The molecule has 0 amide bonds. The SMILES string of the molecule is COC(=O)CC1COc2c(cc3c4c2CCCN4CCC3)-c2c(NC(C)(C)C)n3c(-c4ccc(F)cc4)c(C)sc3[n+]21.O=S(=O)([O-])C(F)(F)F. The molecular formula is C34H38F4N4O6S2. The van der Waals surface area contributed by atoms with Crippen LogP contribution in [0.2, 0.25) is 0 Å². The number of halogens is 4. The van der Waals surface area contributed by atoms with E-state index in [4.69, 9.17) is 22.4 Å². The summed E-state index contributed by atoms with van der Waals surface area (Å²) in [6.07, 6.45) is 4.46. The van der Waals surface area contributed by atoms with E-state index in [1.807, 2.05) is 12.1 Å². The van der Waals surface area contributed by atoms with Crippen LogP contribution in [-0.4, -0.2) is 61.2 Å². The van der Waals surface area contributed by atoms with Crippen molar-refractivity contribution in [3.05, 3.63) is 52.2 Å². The molecular weight excluding hydrogens is 701 g/mol. The summed E-state index contributed by atoms with van der Waals surface area (Å²) in [5, 5.41) is 3.86. The second kappa shape index (κ2) is 13.0. The standard InChI is InChI=1S/C33H38FN4O3S.CHF3O3S/c1-19-27(20-10-12-22(34)13-11-20)38-31(35-33(2,3)4)29-25-16-21-8-6-14-36-15-7-9-24(28(21)36)30(25)41-18-23(17-26(39)40-5)37(29)32(38)42-19;2-1(3,4)8(5,6)7/h10-13,16,23,35H,6-9,14-15,17-18H2,1-5H3;(H,5,6,7)/q+1;/p-1. The summed E-state index contributed by atoms with van der Waals surface area (Å²) >= 11 is 1.69. The molecule has 0 aliphatic carbocycles. The number of ether oxygens (including phenoxy) is 2. The molecule has 0 fully saturated rings. The first-order chi connectivity index (χ1) is 23.4. The highest BCUT2D eigenvalue weighted by molar-refractivity contribution is 7.86. The first-order valence-electron chi connectivity index (χ1n) is 16.2. The maximum absolute atomic E-state index is 14.0. The first-order valence-corrected chi connectivity index (χ1v) is 18.4. The number of thiazole rings is 1. The van der Waals surface area contributed by atoms with Crippen molar-refractivity contribution in [3.8, 4) is 28.3 Å². The molecule has 10 nitrogen and oxygen atoms in total. The summed E-state index contributed by atoms with van der Waals surface area (Å²) in [6.45, 7) is 11.1. The number of carbonyl (C=O) groups is 1. The van der Waals surface area contributed by atoms with Crippen molar-refractivity contribution < 1.29 is 49.4 Å². The Morgan fingerprint density at radius 3 is 2.38 bits per heavy atom. The summed E-state index contributed by atoms with van der Waals surface area (Å²) in [7, 11) is -4.65. The Kier molecular flexibility index (Phi) is 9.35. The molecule has 5 heterocycles. The number of fused-ring (bicyclic) bond motifs is 6. The molecule has 50 heavy (non-hydrogen) atoms. The zero-order valence-corrected chi connectivity index (χ0v) is 29.9. The second-order valence-electron chi connectivity index (χ2n) is 13.7. The topological polar surface area (TPSA) is 116 Å². The van der Waals surface area contributed by atoms with E-state index in [1.54, 1.807) is 11.3 Å². The van der Waals surface area contributed by atoms with Crippen LogP contribution >= 0.6 is 11.3 Å². The van der Waals surface area contributed by atoms with Gasteiger partial charge in [0.25, 0.3) is 0 Å². The number of nitrogens with zero attached hydrogens (tertiary/aromatic N) is 3. The van der Waals surface area contributed by atoms with E-state index < -0.39 is 15.6 Å². The van der Waals surface area contributed by atoms with Gasteiger partial charge >= 0.3 is 16.4 Å². The Morgan fingerprint density at radius 2 is 1.78 bits per heavy atom. The van der Waals surface area contributed by atoms with Crippen molar-refractivity contribution in [1.29, 1.82) is 0 Å². The molecule has 3 aliphatic rings. The second-order valence-corrected chi connectivity index (χ2v) is 16.2. The number of imidazole rings is 1. The Balaban J connectivity index is 0.000000485. The molecule has 270 valence electrons. The van der Waals surface area contributed by atoms with Crippen LogP contribution in [0.1, 0.15) is 62.1 Å². The number of anilines is 2. The molecule has 2 aromatic heterocycles. The van der Waals surface area contributed by atoms with E-state index in [2.05, 4.69) is 52.9 Å². The summed E-state index contributed by atoms with van der Waals surface area (Å²) in [6, 6.07) is 8.80. The molecule has 0 spiro atoms. The highest BCUT2D eigenvalue weighted by Gasteiger charge is 2.43. The van der Waals surface area contributed by atoms with Gasteiger partial charge in [-0.15, -0.1) is 0 Å². The van der Waals surface area contributed by atoms with Gasteiger partial charge in [-0.1, -0.05) is 11.3 Å². The summed E-state index contributed by atoms with van der Waals surface area (Å²) < 4.78 is 89.4. The predicted molar refractivity (Wildman–Crippen MR) is 180 cm³/mol. The minimum atomic E-state index is -6.09. The number of hydrogen-bond donors (Lipinski definition) is 1. The number of aromatic nitrogens is 2. The van der Waals surface area contributed by atoms with Crippen LogP contribution in [0.3, 0.4) is 0 Å². The third-order valence-corrected chi connectivity index (χ3v) is 10.6. The Bertz CT molecular complexity index is 2070. The summed E-state index contributed by atoms with van der Waals surface area (Å²) in [4.78, 5) is 17.5. The molecule has 1 unspecified atom stereocenters. The van der Waals surface area contributed by atoms with Gasteiger partial charge in [-0.05, 0) is 89.3 Å². The largest absolute Gasteiger partial charge is 0.741 e. The van der Waals surface area contributed by atoms with Crippen molar-refractivity contribution in [2.75, 3.05) is 37.0 Å². The van der Waals surface area contributed by atoms with Gasteiger partial charge in [-0.3, -0.25) is 4.79 Å². The quantitative estimate of drug-likeness (QED) is 0.0827. The van der Waals surface area contributed by atoms with Crippen molar-refractivity contribution in [3.63, 3.8) is 0 Å². The van der Waals surface area contributed by atoms with Crippen molar-refractivity contribution in [2.24, 2.45) is 0 Å². The average molecular weight is 739 g/mol. The zero-order valence-electron chi connectivity index (χ0n) is 28.2. The van der Waals surface area contributed by atoms with Crippen LogP contribution in [0.5, 0.6) is 5.75 Å². The number of aryl methyl sites for hydroxylation is 2. The number of rotatable bonds is 4. The van der Waals surface area contributed by atoms with E-state index in [-0.39, 0.29) is 29.8 Å². The van der Waals surface area contributed by atoms with Gasteiger partial charge in [0.2, 0.25) is 11.5 Å². The number of nitrogens with one attached hydrogen (secondary N) is 1. The first kappa shape index (κ1) is 35.9. The van der Waals surface area contributed by atoms with Crippen LogP contribution in [0.4, 0.5) is 29.1 Å². The minimum absolute atomic E-state index is 0.195. The van der Waals surface area contributed by atoms with Gasteiger partial charge in [0.1, 0.15) is 24.2 Å². The molecule has 1 N–H and O–H groups in total. The van der Waals surface area contributed by atoms with Gasteiger partial charge in [0.05, 0.1) is 24.0 Å². The molecule has 3 aliphatic heterocycles. The number of alkyl halides is 3. The van der Waals surface area contributed by atoms with Crippen LogP contribution in [0.15, 0.2) is 30.3 Å². The fourth-order valence-corrected chi connectivity index (χ4v) is 8.21. The maximum atomic E-state index is 14.0. The molecule has 7 rings (SSSR count). The lowest BCUT2D eigenvalue weighted by Gasteiger charge is -2.38. The van der Waals surface area contributed by atoms with Gasteiger partial charge in [-0.2, -0.15) is 17.6 Å². The van der Waals surface area contributed by atoms with Crippen LogP contribution in [0.25, 0.3) is 27.5 Å². The van der Waals surface area contributed by atoms with Crippen molar-refractivity contribution >= 4 is 43.9 Å². The van der Waals surface area contributed by atoms with E-state index in [0.717, 1.165) is 82.7 Å². The fraction of sp³-hybridized carbons (Fsp3) is 0.471. The van der Waals surface area contributed by atoms with Crippen LogP contribution in [-0.2, 0) is 32.5 Å². The molecule has 0 saturated heterocycles. The van der Waals surface area contributed by atoms with Gasteiger partial charge in [-0.25, -0.2) is 17.4 Å². The predicted octanol–water partition coefficient (Wildman–Crippen LogP) is 6.53. The lowest BCUT2D eigenvalue weighted by molar-refractivity contribution is -0.684. The third kappa shape index (κ3) is 6.64. The monoisotopic (exact) mass is 738 g/mol. The lowest BCUT2D eigenvalue weighted by Crippen LogP contribution is -2.43. The van der Waals surface area contributed by atoms with Gasteiger partial charge < -0.3 is 24.2 Å². The minimum Gasteiger partial charge on any atom is -0.741 e. The number of carbonyl (C=O) groups excluding carboxylic acids is 1. The van der Waals surface area contributed by atoms with Crippen molar-refractivity contribution in [1.82, 2.24) is 4.40 Å². The van der Waals surface area contributed by atoms with E-state index in [9.17, 15) is 22.4 Å². The van der Waals surface area contributed by atoms with E-state index in [0.29, 0.717) is 6.61 Å². The van der Waals surface area contributed by atoms with E-state index >= 15 is 0 Å². The van der Waals surface area contributed by atoms with Crippen molar-refractivity contribution in [2.45, 2.75) is 76.9 Å². The average Bonchev–Trinajstić information content (AvgIpc) is 3.45. The van der Waals surface area contributed by atoms with Gasteiger partial charge in [0.15, 0.2) is 15.8 Å². The van der Waals surface area contributed by atoms with Gasteiger partial charge in [0, 0.05) is 35.4 Å². The molecule has 16 heteroatoms. The maximum Gasteiger partial charge on any atom is 0.485 e. The highest BCUT2D eigenvalue weighted by atomic mass is 32.2. The Labute approximate surface area is 291 Å². The highest BCUT2D eigenvalue weighted by Crippen LogP contribution is 2.50. The third-order valence-electron chi connectivity index (χ3n) is 8.92. The Morgan fingerprint density at radius 1 is 1.14 bits per heavy atom. The molecule has 0 radical (unpaired) electrons. The smallest absolute Gasteiger partial charge is 0.485 e. The van der Waals surface area contributed by atoms with Crippen LogP contribution in [0, 0.1) is 12.7 Å². The van der Waals surface area contributed by atoms with Crippen LogP contribution < -0.4 is 19.5 Å². The Hall–Kier alpha value is -3.89. The molecule has 4 aromatic rings. The molecule has 2 aromatic carbocycles. The molecule has 1 atom stereocenters. The summed E-state index contributed by atoms with van der Waals surface area (Å²) in [5.41, 5.74) is 2.20. The molecule has 0 saturated carbocycles. The number of esters is 1. The zero-order chi connectivity index (χ0) is 36.3. The van der Waals surface area contributed by atoms with E-state index in [1.165, 1.54) is 36.1 Å². The lowest BCUT2D eigenvalue weighted by atomic mass is 9.88.